The maximum absolute atomic E-state index is 12.1. The summed E-state index contributed by atoms with van der Waals surface area (Å²) in [6, 6.07) is 6.94. The Kier molecular flexibility index (Phi) is 2.93. The molecular weight excluding hydrogens is 289 g/mol. The highest BCUT2D eigenvalue weighted by Gasteiger charge is 2.30. The van der Waals surface area contributed by atoms with Crippen molar-refractivity contribution in [2.24, 2.45) is 0 Å². The topological polar surface area (TPSA) is 68.1 Å². The molecule has 5 nitrogen and oxygen atoms in total. The normalized spacial score (nSPS) is 11.8. The fraction of sp³-hybridized carbons (Fsp3) is 0.0769. The van der Waals surface area contributed by atoms with E-state index in [1.165, 1.54) is 30.5 Å². The second-order valence-electron chi connectivity index (χ2n) is 4.16. The van der Waals surface area contributed by atoms with Crippen LogP contribution in [0.2, 0.25) is 0 Å². The average molecular weight is 296 g/mol. The van der Waals surface area contributed by atoms with Crippen LogP contribution in [0.5, 0.6) is 5.75 Å². The maximum atomic E-state index is 12.1. The molecule has 0 bridgehead atoms. The van der Waals surface area contributed by atoms with Gasteiger partial charge in [-0.15, -0.1) is 13.2 Å². The standard InChI is InChI=1S/C13H7F3N2O3/c14-13(15,16)21-9-3-1-7(2-4-9)8-5-10-11(17-6-8)20-12(19)18-10/h1-6H,(H,18,19). The second kappa shape index (κ2) is 4.65. The van der Waals surface area contributed by atoms with E-state index >= 15 is 0 Å². The molecule has 21 heavy (non-hydrogen) atoms. The lowest BCUT2D eigenvalue weighted by Crippen LogP contribution is -2.16. The van der Waals surface area contributed by atoms with Gasteiger partial charge >= 0.3 is 12.1 Å². The summed E-state index contributed by atoms with van der Waals surface area (Å²) in [6.45, 7) is 0. The predicted octanol–water partition coefficient (Wildman–Crippen LogP) is 3.08. The first-order valence-electron chi connectivity index (χ1n) is 5.76. The molecule has 2 aromatic heterocycles. The van der Waals surface area contributed by atoms with Crippen molar-refractivity contribution in [1.82, 2.24) is 9.97 Å². The molecule has 0 amide bonds. The van der Waals surface area contributed by atoms with Crippen molar-refractivity contribution in [1.29, 1.82) is 0 Å². The summed E-state index contributed by atoms with van der Waals surface area (Å²) >= 11 is 0. The van der Waals surface area contributed by atoms with Crippen LogP contribution in [0, 0.1) is 0 Å². The van der Waals surface area contributed by atoms with Crippen LogP contribution in [0.4, 0.5) is 13.2 Å². The van der Waals surface area contributed by atoms with E-state index in [-0.39, 0.29) is 11.5 Å². The SMILES string of the molecule is O=c1[nH]c2cc(-c3ccc(OC(F)(F)F)cc3)cnc2o1. The monoisotopic (exact) mass is 296 g/mol. The Morgan fingerprint density at radius 3 is 2.52 bits per heavy atom. The minimum absolute atomic E-state index is 0.167. The Morgan fingerprint density at radius 1 is 1.14 bits per heavy atom. The van der Waals surface area contributed by atoms with E-state index in [0.29, 0.717) is 16.6 Å². The Bertz CT molecular complexity index is 834. The smallest absolute Gasteiger partial charge is 0.406 e. The van der Waals surface area contributed by atoms with Gasteiger partial charge in [0.2, 0.25) is 5.71 Å². The number of hydrogen-bond acceptors (Lipinski definition) is 4. The molecule has 3 aromatic rings. The van der Waals surface area contributed by atoms with Crippen LogP contribution in [0.25, 0.3) is 22.4 Å². The molecule has 1 N–H and O–H groups in total. The van der Waals surface area contributed by atoms with Crippen molar-refractivity contribution in [3.8, 4) is 16.9 Å². The summed E-state index contributed by atoms with van der Waals surface area (Å²) in [6.07, 6.45) is -3.27. The van der Waals surface area contributed by atoms with Crippen molar-refractivity contribution in [2.45, 2.75) is 6.36 Å². The van der Waals surface area contributed by atoms with Gasteiger partial charge in [-0.25, -0.2) is 9.78 Å². The molecule has 2 heterocycles. The van der Waals surface area contributed by atoms with Crippen LogP contribution in [0.3, 0.4) is 0 Å². The molecule has 108 valence electrons. The first-order chi connectivity index (χ1) is 9.90. The van der Waals surface area contributed by atoms with Gasteiger partial charge in [-0.2, -0.15) is 0 Å². The minimum Gasteiger partial charge on any atom is -0.406 e. The van der Waals surface area contributed by atoms with Crippen molar-refractivity contribution in [2.75, 3.05) is 0 Å². The molecule has 1 aromatic carbocycles. The number of ether oxygens (including phenoxy) is 1. The number of H-pyrrole nitrogens is 1. The Balaban J connectivity index is 1.93. The fourth-order valence-corrected chi connectivity index (χ4v) is 1.85. The Labute approximate surface area is 115 Å². The summed E-state index contributed by atoms with van der Waals surface area (Å²) in [5.74, 6) is -0.930. The third-order valence-electron chi connectivity index (χ3n) is 2.70. The van der Waals surface area contributed by atoms with Gasteiger partial charge in [0.15, 0.2) is 0 Å². The van der Waals surface area contributed by atoms with E-state index in [1.54, 1.807) is 6.07 Å². The minimum atomic E-state index is -4.72. The second-order valence-corrected chi connectivity index (χ2v) is 4.16. The number of nitrogens with zero attached hydrogens (tertiary/aromatic N) is 1. The number of hydrogen-bond donors (Lipinski definition) is 1. The zero-order valence-corrected chi connectivity index (χ0v) is 10.3. The first-order valence-corrected chi connectivity index (χ1v) is 5.76. The molecule has 0 radical (unpaired) electrons. The first kappa shape index (κ1) is 13.2. The van der Waals surface area contributed by atoms with Gasteiger partial charge in [0.25, 0.3) is 0 Å². The number of nitrogens with one attached hydrogen (secondary N) is 1. The van der Waals surface area contributed by atoms with Crippen LogP contribution >= 0.6 is 0 Å². The van der Waals surface area contributed by atoms with Crippen LogP contribution in [0.15, 0.2) is 45.7 Å². The summed E-state index contributed by atoms with van der Waals surface area (Å²) in [7, 11) is 0. The summed E-state index contributed by atoms with van der Waals surface area (Å²) in [5.41, 5.74) is 1.83. The number of benzene rings is 1. The van der Waals surface area contributed by atoms with E-state index < -0.39 is 12.1 Å². The zero-order chi connectivity index (χ0) is 15.0. The third kappa shape index (κ3) is 2.88. The number of rotatable bonds is 2. The molecule has 0 aliphatic carbocycles. The molecule has 3 rings (SSSR count). The third-order valence-corrected chi connectivity index (χ3v) is 2.70. The Hall–Kier alpha value is -2.77. The molecule has 0 aliphatic rings. The summed E-state index contributed by atoms with van der Waals surface area (Å²) in [5, 5.41) is 0. The van der Waals surface area contributed by atoms with Gasteiger partial charge in [0.05, 0.1) is 0 Å². The maximum Gasteiger partial charge on any atom is 0.573 e. The highest BCUT2D eigenvalue weighted by molar-refractivity contribution is 5.76. The van der Waals surface area contributed by atoms with Crippen molar-refractivity contribution >= 4 is 11.2 Å². The van der Waals surface area contributed by atoms with Crippen molar-refractivity contribution < 1.29 is 22.3 Å². The van der Waals surface area contributed by atoms with E-state index in [9.17, 15) is 18.0 Å². The highest BCUT2D eigenvalue weighted by Crippen LogP contribution is 2.27. The molecule has 0 fully saturated rings. The van der Waals surface area contributed by atoms with Gasteiger partial charge < -0.3 is 9.15 Å². The fourth-order valence-electron chi connectivity index (χ4n) is 1.85. The number of pyridine rings is 1. The molecule has 0 saturated heterocycles. The largest absolute Gasteiger partial charge is 0.573 e. The predicted molar refractivity (Wildman–Crippen MR) is 66.7 cm³/mol. The van der Waals surface area contributed by atoms with E-state index in [0.717, 1.165) is 0 Å². The van der Waals surface area contributed by atoms with Crippen LogP contribution in [0.1, 0.15) is 0 Å². The van der Waals surface area contributed by atoms with E-state index in [4.69, 9.17) is 4.42 Å². The summed E-state index contributed by atoms with van der Waals surface area (Å²) < 4.78 is 44.7. The van der Waals surface area contributed by atoms with Crippen LogP contribution in [-0.2, 0) is 0 Å². The lowest BCUT2D eigenvalue weighted by atomic mass is 10.1. The van der Waals surface area contributed by atoms with Crippen molar-refractivity contribution in [3.05, 3.63) is 47.1 Å². The van der Waals surface area contributed by atoms with Crippen LogP contribution in [-0.4, -0.2) is 16.3 Å². The lowest BCUT2D eigenvalue weighted by Gasteiger charge is -2.09. The van der Waals surface area contributed by atoms with Gasteiger partial charge in [-0.3, -0.25) is 4.98 Å². The quantitative estimate of drug-likeness (QED) is 0.789. The number of fused-ring (bicyclic) bond motifs is 1. The molecule has 0 spiro atoms. The number of aromatic nitrogens is 2. The molecule has 0 aliphatic heterocycles. The van der Waals surface area contributed by atoms with Gasteiger partial charge in [0, 0.05) is 11.8 Å². The van der Waals surface area contributed by atoms with Gasteiger partial charge in [-0.1, -0.05) is 12.1 Å². The Morgan fingerprint density at radius 2 is 1.86 bits per heavy atom. The average Bonchev–Trinajstić information content (AvgIpc) is 2.76. The molecule has 0 atom stereocenters. The molecular formula is C13H7F3N2O3. The highest BCUT2D eigenvalue weighted by atomic mass is 19.4. The van der Waals surface area contributed by atoms with Gasteiger partial charge in [-0.05, 0) is 23.8 Å². The van der Waals surface area contributed by atoms with Gasteiger partial charge in [0.1, 0.15) is 11.3 Å². The number of aromatic amines is 1. The van der Waals surface area contributed by atoms with E-state index in [1.807, 2.05) is 0 Å². The van der Waals surface area contributed by atoms with Crippen LogP contribution < -0.4 is 10.5 Å². The molecule has 8 heteroatoms. The number of oxazole rings is 1. The number of halogens is 3. The van der Waals surface area contributed by atoms with E-state index in [2.05, 4.69) is 14.7 Å². The molecule has 0 unspecified atom stereocenters. The summed E-state index contributed by atoms with van der Waals surface area (Å²) in [4.78, 5) is 17.4. The zero-order valence-electron chi connectivity index (χ0n) is 10.3. The number of alkyl halides is 3. The molecule has 0 saturated carbocycles. The van der Waals surface area contributed by atoms with Crippen molar-refractivity contribution in [3.63, 3.8) is 0 Å². The lowest BCUT2D eigenvalue weighted by molar-refractivity contribution is -0.274.